The summed E-state index contributed by atoms with van der Waals surface area (Å²) in [6.07, 6.45) is 2.37. The van der Waals surface area contributed by atoms with Crippen LogP contribution in [0.5, 0.6) is 5.75 Å². The summed E-state index contributed by atoms with van der Waals surface area (Å²) in [5.41, 5.74) is 1.17. The zero-order valence-electron chi connectivity index (χ0n) is 19.1. The first-order chi connectivity index (χ1) is 16.3. The first kappa shape index (κ1) is 24.0. The molecule has 8 heteroatoms. The largest absolute Gasteiger partial charge is 0.494 e. The first-order valence-corrected chi connectivity index (χ1v) is 13.3. The number of carbonyl (C=O) groups is 1. The summed E-state index contributed by atoms with van der Waals surface area (Å²) >= 11 is 0. The number of nitrogens with zero attached hydrogens (tertiary/aromatic N) is 1. The predicted octanol–water partition coefficient (Wildman–Crippen LogP) is 5.09. The van der Waals surface area contributed by atoms with Gasteiger partial charge in [-0.05, 0) is 73.5 Å². The van der Waals surface area contributed by atoms with Crippen LogP contribution in [0.4, 0.5) is 4.39 Å². The molecule has 2 aromatic carbocycles. The Balaban J connectivity index is 1.54. The third-order valence-electron chi connectivity index (χ3n) is 5.89. The SMILES string of the molecule is CCCCOc1ccc(C(=O)N(Cc2ccc(-c3ccc(F)cc3)o2)[C@H]2CCS(=O)(=O)C2)cc1. The molecule has 1 amide bonds. The molecule has 0 spiro atoms. The molecule has 34 heavy (non-hydrogen) atoms. The van der Waals surface area contributed by atoms with E-state index in [-0.39, 0.29) is 29.8 Å². The molecule has 0 radical (unpaired) electrons. The van der Waals surface area contributed by atoms with Crippen LogP contribution < -0.4 is 4.74 Å². The topological polar surface area (TPSA) is 76.8 Å². The highest BCUT2D eigenvalue weighted by molar-refractivity contribution is 7.91. The van der Waals surface area contributed by atoms with Gasteiger partial charge in [-0.25, -0.2) is 12.8 Å². The van der Waals surface area contributed by atoms with Gasteiger partial charge in [-0.1, -0.05) is 13.3 Å². The number of ether oxygens (including phenoxy) is 1. The average Bonchev–Trinajstić information content (AvgIpc) is 3.44. The minimum absolute atomic E-state index is 0.0602. The molecule has 4 rings (SSSR count). The second-order valence-electron chi connectivity index (χ2n) is 8.49. The Morgan fingerprint density at radius 2 is 1.82 bits per heavy atom. The van der Waals surface area contributed by atoms with Crippen molar-refractivity contribution in [1.82, 2.24) is 4.90 Å². The van der Waals surface area contributed by atoms with E-state index in [1.807, 2.05) is 0 Å². The molecule has 3 aromatic rings. The summed E-state index contributed by atoms with van der Waals surface area (Å²) < 4.78 is 49.1. The van der Waals surface area contributed by atoms with Gasteiger partial charge in [0.25, 0.3) is 5.91 Å². The van der Waals surface area contributed by atoms with Crippen molar-refractivity contribution >= 4 is 15.7 Å². The number of unbranched alkanes of at least 4 members (excludes halogenated alkanes) is 1. The normalized spacial score (nSPS) is 16.9. The molecule has 2 heterocycles. The highest BCUT2D eigenvalue weighted by Crippen LogP contribution is 2.27. The molecule has 0 bridgehead atoms. The highest BCUT2D eigenvalue weighted by Gasteiger charge is 2.35. The monoisotopic (exact) mass is 485 g/mol. The summed E-state index contributed by atoms with van der Waals surface area (Å²) in [5.74, 6) is 1.16. The Morgan fingerprint density at radius 3 is 2.47 bits per heavy atom. The Kier molecular flexibility index (Phi) is 7.36. The maximum Gasteiger partial charge on any atom is 0.254 e. The van der Waals surface area contributed by atoms with E-state index in [0.717, 1.165) is 12.8 Å². The number of hydrogen-bond donors (Lipinski definition) is 0. The third kappa shape index (κ3) is 5.86. The summed E-state index contributed by atoms with van der Waals surface area (Å²) in [4.78, 5) is 15.0. The van der Waals surface area contributed by atoms with Crippen LogP contribution in [-0.2, 0) is 16.4 Å². The van der Waals surface area contributed by atoms with Crippen LogP contribution in [0, 0.1) is 5.82 Å². The second-order valence-corrected chi connectivity index (χ2v) is 10.7. The van der Waals surface area contributed by atoms with Crippen molar-refractivity contribution in [1.29, 1.82) is 0 Å². The van der Waals surface area contributed by atoms with Crippen LogP contribution in [-0.4, -0.2) is 43.4 Å². The van der Waals surface area contributed by atoms with E-state index in [2.05, 4.69) is 6.92 Å². The quantitative estimate of drug-likeness (QED) is 0.395. The summed E-state index contributed by atoms with van der Waals surface area (Å²) in [6.45, 7) is 2.84. The molecule has 0 aliphatic carbocycles. The van der Waals surface area contributed by atoms with E-state index in [9.17, 15) is 17.6 Å². The fourth-order valence-corrected chi connectivity index (χ4v) is 5.71. The Hall–Kier alpha value is -3.13. The lowest BCUT2D eigenvalue weighted by Crippen LogP contribution is -2.40. The van der Waals surface area contributed by atoms with Gasteiger partial charge < -0.3 is 14.1 Å². The number of furan rings is 1. The number of hydrogen-bond acceptors (Lipinski definition) is 5. The van der Waals surface area contributed by atoms with Crippen LogP contribution >= 0.6 is 0 Å². The van der Waals surface area contributed by atoms with Gasteiger partial charge in [0, 0.05) is 17.2 Å². The average molecular weight is 486 g/mol. The van der Waals surface area contributed by atoms with Gasteiger partial charge in [-0.3, -0.25) is 4.79 Å². The molecule has 1 aliphatic heterocycles. The Morgan fingerprint density at radius 1 is 1.09 bits per heavy atom. The fourth-order valence-electron chi connectivity index (χ4n) is 3.98. The van der Waals surface area contributed by atoms with Crippen LogP contribution in [0.3, 0.4) is 0 Å². The van der Waals surface area contributed by atoms with E-state index >= 15 is 0 Å². The predicted molar refractivity (Wildman–Crippen MR) is 128 cm³/mol. The molecule has 6 nitrogen and oxygen atoms in total. The zero-order chi connectivity index (χ0) is 24.1. The number of carbonyl (C=O) groups excluding carboxylic acids is 1. The van der Waals surface area contributed by atoms with E-state index < -0.39 is 15.9 Å². The van der Waals surface area contributed by atoms with Crippen molar-refractivity contribution in [3.8, 4) is 17.1 Å². The molecular weight excluding hydrogens is 457 g/mol. The maximum absolute atomic E-state index is 13.4. The second kappa shape index (κ2) is 10.4. The van der Waals surface area contributed by atoms with Crippen molar-refractivity contribution in [2.45, 2.75) is 38.8 Å². The van der Waals surface area contributed by atoms with Crippen molar-refractivity contribution in [3.05, 3.63) is 77.8 Å². The van der Waals surface area contributed by atoms with E-state index in [0.29, 0.717) is 41.4 Å². The summed E-state index contributed by atoms with van der Waals surface area (Å²) in [5, 5.41) is 0. The van der Waals surface area contributed by atoms with Gasteiger partial charge in [0.15, 0.2) is 9.84 Å². The molecule has 180 valence electrons. The number of sulfone groups is 1. The zero-order valence-corrected chi connectivity index (χ0v) is 19.9. The number of amides is 1. The molecule has 0 saturated carbocycles. The Bertz CT molecular complexity index is 1220. The maximum atomic E-state index is 13.4. The van der Waals surface area contributed by atoms with Gasteiger partial charge >= 0.3 is 0 Å². The van der Waals surface area contributed by atoms with Crippen LogP contribution in [0.2, 0.25) is 0 Å². The number of halogens is 1. The smallest absolute Gasteiger partial charge is 0.254 e. The lowest BCUT2D eigenvalue weighted by Gasteiger charge is -2.27. The Labute approximate surface area is 199 Å². The van der Waals surface area contributed by atoms with E-state index in [1.54, 1.807) is 53.4 Å². The minimum Gasteiger partial charge on any atom is -0.494 e. The van der Waals surface area contributed by atoms with Crippen molar-refractivity contribution in [3.63, 3.8) is 0 Å². The van der Waals surface area contributed by atoms with Crippen molar-refractivity contribution in [2.24, 2.45) is 0 Å². The van der Waals surface area contributed by atoms with Gasteiger partial charge in [0.2, 0.25) is 0 Å². The third-order valence-corrected chi connectivity index (χ3v) is 7.64. The van der Waals surface area contributed by atoms with Crippen molar-refractivity contribution in [2.75, 3.05) is 18.1 Å². The molecule has 0 N–H and O–H groups in total. The lowest BCUT2D eigenvalue weighted by atomic mass is 10.1. The molecule has 1 atom stereocenters. The highest BCUT2D eigenvalue weighted by atomic mass is 32.2. The molecule has 1 aliphatic rings. The van der Waals surface area contributed by atoms with Gasteiger partial charge in [0.05, 0.1) is 24.7 Å². The standard InChI is InChI=1S/C26H28FNO5S/c1-2-3-15-32-23-10-6-20(7-11-23)26(29)28(22-14-16-34(30,31)18-22)17-24-12-13-25(33-24)19-4-8-21(27)9-5-19/h4-13,22H,2-3,14-18H2,1H3/t22-/m0/s1. The van der Waals surface area contributed by atoms with Gasteiger partial charge in [-0.15, -0.1) is 0 Å². The summed E-state index contributed by atoms with van der Waals surface area (Å²) in [7, 11) is -3.19. The van der Waals surface area contributed by atoms with Gasteiger partial charge in [-0.2, -0.15) is 0 Å². The number of rotatable bonds is 9. The molecular formula is C26H28FNO5S. The summed E-state index contributed by atoms with van der Waals surface area (Å²) in [6, 6.07) is 15.9. The molecule has 1 aromatic heterocycles. The van der Waals surface area contributed by atoms with Crippen LogP contribution in [0.15, 0.2) is 65.1 Å². The minimum atomic E-state index is -3.19. The van der Waals surface area contributed by atoms with E-state index in [1.165, 1.54) is 12.1 Å². The fraction of sp³-hybridized carbons (Fsp3) is 0.346. The molecule has 0 unspecified atom stereocenters. The molecule has 1 saturated heterocycles. The van der Waals surface area contributed by atoms with Gasteiger partial charge in [0.1, 0.15) is 23.1 Å². The van der Waals surface area contributed by atoms with Crippen molar-refractivity contribution < 1.29 is 26.8 Å². The van der Waals surface area contributed by atoms with Crippen LogP contribution in [0.25, 0.3) is 11.3 Å². The molecule has 1 fully saturated rings. The van der Waals surface area contributed by atoms with Crippen LogP contribution in [0.1, 0.15) is 42.3 Å². The lowest BCUT2D eigenvalue weighted by molar-refractivity contribution is 0.0666. The first-order valence-electron chi connectivity index (χ1n) is 11.4. The number of benzene rings is 2. The van der Waals surface area contributed by atoms with E-state index in [4.69, 9.17) is 9.15 Å².